The van der Waals surface area contributed by atoms with Gasteiger partial charge in [-0.3, -0.25) is 9.78 Å². The molecule has 1 aliphatic rings. The van der Waals surface area contributed by atoms with Gasteiger partial charge in [0, 0.05) is 24.0 Å². The van der Waals surface area contributed by atoms with Crippen LogP contribution in [-0.4, -0.2) is 33.4 Å². The van der Waals surface area contributed by atoms with E-state index < -0.39 is 6.36 Å². The predicted molar refractivity (Wildman–Crippen MR) is 158 cm³/mol. The lowest BCUT2D eigenvalue weighted by molar-refractivity contribution is -0.274. The van der Waals surface area contributed by atoms with E-state index in [2.05, 4.69) is 45.7 Å². The van der Waals surface area contributed by atoms with E-state index in [9.17, 15) is 18.0 Å². The topological polar surface area (TPSA) is 90.3 Å². The van der Waals surface area contributed by atoms with Crippen molar-refractivity contribution in [1.29, 1.82) is 0 Å². The molecule has 2 atom stereocenters. The number of carbonyl (C=O) groups excluding carboxylic acids is 1. The molecule has 2 aromatic heterocycles. The van der Waals surface area contributed by atoms with Gasteiger partial charge in [-0.15, -0.1) is 13.2 Å². The molecule has 0 aliphatic heterocycles. The zero-order valence-electron chi connectivity index (χ0n) is 24.7. The molecule has 0 saturated heterocycles. The molecule has 1 amide bonds. The second-order valence-corrected chi connectivity index (χ2v) is 12.1. The van der Waals surface area contributed by atoms with Gasteiger partial charge in [-0.1, -0.05) is 26.8 Å². The number of aryl methyl sites for hydroxylation is 1. The summed E-state index contributed by atoms with van der Waals surface area (Å²) in [7, 11) is 0. The average Bonchev–Trinajstić information content (AvgIpc) is 3.27. The van der Waals surface area contributed by atoms with E-state index in [-0.39, 0.29) is 29.7 Å². The lowest BCUT2D eigenvalue weighted by Crippen LogP contribution is -2.29. The number of anilines is 2. The molecule has 2 heterocycles. The lowest BCUT2D eigenvalue weighted by atomic mass is 9.70. The maximum atomic E-state index is 12.6. The Bertz CT molecular complexity index is 1580. The number of aromatic nitrogens is 3. The van der Waals surface area contributed by atoms with Crippen LogP contribution >= 0.6 is 0 Å². The van der Waals surface area contributed by atoms with E-state index in [0.717, 1.165) is 36.0 Å². The molecule has 2 unspecified atom stereocenters. The number of pyridine rings is 1. The average molecular weight is 596 g/mol. The maximum absolute atomic E-state index is 12.6. The Hall–Kier alpha value is -4.28. The molecule has 228 valence electrons. The molecule has 2 aromatic carbocycles. The molecule has 8 nitrogen and oxygen atoms in total. The molecule has 5 rings (SSSR count). The third-order valence-electron chi connectivity index (χ3n) is 7.67. The standard InChI is InChI=1S/C32H36F3N5O3/c1-20-14-23(17-31(3,4)16-20)40-28-12-11-25(42-19-29(41)37-18-27-21(2)6-5-13-36-27)15-26(28)39-30(40)38-22-7-9-24(10-8-22)43-32(33,34)35/h5-13,15,20,23H,14,16-19H2,1-4H3,(H,37,41)(H,38,39). The van der Waals surface area contributed by atoms with Gasteiger partial charge in [0.05, 0.1) is 23.3 Å². The van der Waals surface area contributed by atoms with Gasteiger partial charge in [0.25, 0.3) is 5.91 Å². The van der Waals surface area contributed by atoms with Gasteiger partial charge in [0.1, 0.15) is 11.5 Å². The highest BCUT2D eigenvalue weighted by molar-refractivity contribution is 5.82. The third-order valence-corrected chi connectivity index (χ3v) is 7.67. The summed E-state index contributed by atoms with van der Waals surface area (Å²) in [4.78, 5) is 21.6. The van der Waals surface area contributed by atoms with Crippen LogP contribution in [0.2, 0.25) is 0 Å². The Labute approximate surface area is 248 Å². The van der Waals surface area contributed by atoms with Crippen LogP contribution in [-0.2, 0) is 11.3 Å². The summed E-state index contributed by atoms with van der Waals surface area (Å²) in [6, 6.07) is 15.1. The summed E-state index contributed by atoms with van der Waals surface area (Å²) >= 11 is 0. The van der Waals surface area contributed by atoms with Gasteiger partial charge >= 0.3 is 6.36 Å². The number of benzene rings is 2. The Morgan fingerprint density at radius 1 is 1.09 bits per heavy atom. The SMILES string of the molecule is Cc1cccnc1CNC(=O)COc1ccc2c(c1)nc(Nc1ccc(OC(F)(F)F)cc1)n2C1CC(C)CC(C)(C)C1. The van der Waals surface area contributed by atoms with Gasteiger partial charge in [0.2, 0.25) is 5.95 Å². The number of rotatable bonds is 9. The van der Waals surface area contributed by atoms with E-state index in [0.29, 0.717) is 35.4 Å². The van der Waals surface area contributed by atoms with Crippen LogP contribution in [0.5, 0.6) is 11.5 Å². The van der Waals surface area contributed by atoms with Crippen LogP contribution < -0.4 is 20.1 Å². The van der Waals surface area contributed by atoms with Crippen molar-refractivity contribution < 1.29 is 27.4 Å². The van der Waals surface area contributed by atoms with E-state index in [1.54, 1.807) is 12.3 Å². The first-order valence-electron chi connectivity index (χ1n) is 14.3. The molecule has 2 N–H and O–H groups in total. The minimum Gasteiger partial charge on any atom is -0.484 e. The van der Waals surface area contributed by atoms with Crippen molar-refractivity contribution in [3.8, 4) is 11.5 Å². The van der Waals surface area contributed by atoms with Crippen LogP contribution in [0, 0.1) is 18.3 Å². The number of ether oxygens (including phenoxy) is 2. The maximum Gasteiger partial charge on any atom is 0.573 e. The highest BCUT2D eigenvalue weighted by Gasteiger charge is 2.35. The Kier molecular flexibility index (Phi) is 8.52. The van der Waals surface area contributed by atoms with Gasteiger partial charge in [-0.2, -0.15) is 0 Å². The van der Waals surface area contributed by atoms with Crippen molar-refractivity contribution in [3.63, 3.8) is 0 Å². The van der Waals surface area contributed by atoms with Crippen LogP contribution in [0.4, 0.5) is 24.8 Å². The summed E-state index contributed by atoms with van der Waals surface area (Å²) in [6.45, 7) is 8.89. The Balaban J connectivity index is 1.36. The van der Waals surface area contributed by atoms with Crippen molar-refractivity contribution in [1.82, 2.24) is 19.9 Å². The zero-order valence-corrected chi connectivity index (χ0v) is 24.7. The van der Waals surface area contributed by atoms with Crippen molar-refractivity contribution in [2.75, 3.05) is 11.9 Å². The number of amides is 1. The molecule has 0 bridgehead atoms. The van der Waals surface area contributed by atoms with Gasteiger partial charge in [0.15, 0.2) is 6.61 Å². The molecular weight excluding hydrogens is 559 g/mol. The van der Waals surface area contributed by atoms with Crippen molar-refractivity contribution in [2.24, 2.45) is 11.3 Å². The van der Waals surface area contributed by atoms with E-state index in [1.165, 1.54) is 24.3 Å². The highest BCUT2D eigenvalue weighted by Crippen LogP contribution is 2.46. The zero-order chi connectivity index (χ0) is 30.8. The fourth-order valence-corrected chi connectivity index (χ4v) is 6.07. The van der Waals surface area contributed by atoms with E-state index in [1.807, 2.05) is 31.2 Å². The molecule has 0 spiro atoms. The quantitative estimate of drug-likeness (QED) is 0.209. The number of hydrogen-bond acceptors (Lipinski definition) is 6. The number of hydrogen-bond donors (Lipinski definition) is 2. The van der Waals surface area contributed by atoms with Crippen LogP contribution in [0.1, 0.15) is 57.3 Å². The van der Waals surface area contributed by atoms with Crippen LogP contribution in [0.25, 0.3) is 11.0 Å². The van der Waals surface area contributed by atoms with Crippen LogP contribution in [0.3, 0.4) is 0 Å². The van der Waals surface area contributed by atoms with Gasteiger partial charge in [-0.25, -0.2) is 4.98 Å². The number of fused-ring (bicyclic) bond motifs is 1. The number of carbonyl (C=O) groups is 1. The van der Waals surface area contributed by atoms with Crippen molar-refractivity contribution >= 4 is 28.6 Å². The summed E-state index contributed by atoms with van der Waals surface area (Å²) in [6.07, 6.45) is -0.0274. The molecular formula is C32H36F3N5O3. The third kappa shape index (κ3) is 7.77. The largest absolute Gasteiger partial charge is 0.573 e. The monoisotopic (exact) mass is 595 g/mol. The summed E-state index contributed by atoms with van der Waals surface area (Å²) in [5.74, 6) is 1.02. The Morgan fingerprint density at radius 3 is 2.53 bits per heavy atom. The van der Waals surface area contributed by atoms with Crippen molar-refractivity contribution in [2.45, 2.75) is 65.9 Å². The van der Waals surface area contributed by atoms with E-state index >= 15 is 0 Å². The highest BCUT2D eigenvalue weighted by atomic mass is 19.4. The number of nitrogens with zero attached hydrogens (tertiary/aromatic N) is 3. The van der Waals surface area contributed by atoms with E-state index in [4.69, 9.17) is 9.72 Å². The molecule has 4 aromatic rings. The first-order chi connectivity index (χ1) is 20.3. The molecule has 1 aliphatic carbocycles. The Morgan fingerprint density at radius 2 is 1.84 bits per heavy atom. The normalized spacial score (nSPS) is 18.3. The lowest BCUT2D eigenvalue weighted by Gasteiger charge is -2.40. The van der Waals surface area contributed by atoms with Gasteiger partial charge in [-0.05, 0) is 85.5 Å². The van der Waals surface area contributed by atoms with Crippen LogP contribution in [0.15, 0.2) is 60.8 Å². The first-order valence-corrected chi connectivity index (χ1v) is 14.3. The summed E-state index contributed by atoms with van der Waals surface area (Å²) in [5, 5.41) is 6.13. The summed E-state index contributed by atoms with van der Waals surface area (Å²) < 4.78 is 49.9. The fourth-order valence-electron chi connectivity index (χ4n) is 6.07. The predicted octanol–water partition coefficient (Wildman–Crippen LogP) is 7.46. The number of halogens is 3. The second-order valence-electron chi connectivity index (χ2n) is 12.1. The van der Waals surface area contributed by atoms with Crippen molar-refractivity contribution in [3.05, 3.63) is 72.1 Å². The number of alkyl halides is 3. The number of nitrogens with one attached hydrogen (secondary N) is 2. The smallest absolute Gasteiger partial charge is 0.484 e. The van der Waals surface area contributed by atoms with Gasteiger partial charge < -0.3 is 24.7 Å². The minimum absolute atomic E-state index is 0.136. The molecule has 11 heteroatoms. The molecule has 1 saturated carbocycles. The molecule has 43 heavy (non-hydrogen) atoms. The first kappa shape index (κ1) is 30.2. The second kappa shape index (κ2) is 12.1. The molecule has 0 radical (unpaired) electrons. The number of imidazole rings is 1. The molecule has 1 fully saturated rings. The fraction of sp³-hybridized carbons (Fsp3) is 0.406. The minimum atomic E-state index is -4.76. The summed E-state index contributed by atoms with van der Waals surface area (Å²) in [5.41, 5.74) is 4.08.